The molecule has 272 valence electrons. The van der Waals surface area contributed by atoms with Crippen LogP contribution in [0.2, 0.25) is 0 Å². The summed E-state index contributed by atoms with van der Waals surface area (Å²) in [5.41, 5.74) is 3.80. The third-order valence-corrected chi connectivity index (χ3v) is 12.3. The van der Waals surface area contributed by atoms with Gasteiger partial charge in [0, 0.05) is 18.7 Å². The molecule has 3 N–H and O–H groups in total. The van der Waals surface area contributed by atoms with Crippen molar-refractivity contribution in [1.29, 1.82) is 0 Å². The van der Waals surface area contributed by atoms with Crippen molar-refractivity contribution in [3.05, 3.63) is 53.2 Å². The molecule has 5 aliphatic rings. The number of nitrogens with one attached hydrogen (secondary N) is 2. The molecule has 0 unspecified atom stereocenters. The van der Waals surface area contributed by atoms with Crippen LogP contribution < -0.4 is 20.1 Å². The maximum Gasteiger partial charge on any atom is 0.330 e. The third kappa shape index (κ3) is 6.27. The van der Waals surface area contributed by atoms with Crippen LogP contribution in [-0.2, 0) is 22.4 Å². The van der Waals surface area contributed by atoms with Gasteiger partial charge in [-0.3, -0.25) is 9.59 Å². The second kappa shape index (κ2) is 14.3. The van der Waals surface area contributed by atoms with E-state index in [0.717, 1.165) is 87.0 Å². The molecule has 1 aromatic heterocycles. The van der Waals surface area contributed by atoms with Crippen LogP contribution in [0.25, 0.3) is 16.9 Å². The highest BCUT2D eigenvalue weighted by Crippen LogP contribution is 2.58. The van der Waals surface area contributed by atoms with Crippen LogP contribution in [0.1, 0.15) is 86.8 Å². The topological polar surface area (TPSA) is 135 Å². The summed E-state index contributed by atoms with van der Waals surface area (Å²) in [4.78, 5) is 42.8. The Bertz CT molecular complexity index is 1760. The lowest BCUT2D eigenvalue weighted by atomic mass is 9.48. The van der Waals surface area contributed by atoms with Crippen LogP contribution in [0.5, 0.6) is 11.5 Å². The monoisotopic (exact) mass is 697 g/mol. The van der Waals surface area contributed by atoms with Crippen LogP contribution in [-0.4, -0.2) is 77.0 Å². The number of carboxylic acid groups (broad SMARTS) is 1. The Morgan fingerprint density at radius 1 is 0.922 bits per heavy atom. The average molecular weight is 698 g/mol. The first-order valence-electron chi connectivity index (χ1n) is 18.7. The Hall–Kier alpha value is -4.38. The highest BCUT2D eigenvalue weighted by Gasteiger charge is 2.62. The Kier molecular flexibility index (Phi) is 9.84. The predicted octanol–water partition coefficient (Wildman–Crippen LogP) is 6.12. The van der Waals surface area contributed by atoms with Gasteiger partial charge in [-0.05, 0) is 136 Å². The van der Waals surface area contributed by atoms with Gasteiger partial charge < -0.3 is 30.1 Å². The van der Waals surface area contributed by atoms with Gasteiger partial charge in [-0.15, -0.1) is 0 Å². The van der Waals surface area contributed by atoms with Crippen molar-refractivity contribution < 1.29 is 29.0 Å². The number of nitrogens with zero attached hydrogens (tertiary/aromatic N) is 3. The summed E-state index contributed by atoms with van der Waals surface area (Å²) < 4.78 is 13.4. The zero-order valence-electron chi connectivity index (χ0n) is 30.3. The van der Waals surface area contributed by atoms with E-state index in [4.69, 9.17) is 14.6 Å². The van der Waals surface area contributed by atoms with Gasteiger partial charge in [-0.2, -0.15) is 5.10 Å². The molecule has 0 aliphatic heterocycles. The number of benzene rings is 2. The summed E-state index contributed by atoms with van der Waals surface area (Å²) in [6.45, 7) is 6.70. The Balaban J connectivity index is 1.29. The van der Waals surface area contributed by atoms with E-state index < -0.39 is 17.4 Å². The van der Waals surface area contributed by atoms with Crippen molar-refractivity contribution >= 4 is 23.5 Å². The predicted molar refractivity (Wildman–Crippen MR) is 195 cm³/mol. The van der Waals surface area contributed by atoms with Gasteiger partial charge in [0.1, 0.15) is 17.0 Å². The average Bonchev–Trinajstić information content (AvgIpc) is 3.58. The number of hydrogen-bond acceptors (Lipinski definition) is 7. The van der Waals surface area contributed by atoms with Gasteiger partial charge in [0.05, 0.1) is 31.2 Å². The lowest BCUT2D eigenvalue weighted by Crippen LogP contribution is -2.70. The Labute approximate surface area is 300 Å². The van der Waals surface area contributed by atoms with Crippen LogP contribution in [0.4, 0.5) is 5.69 Å². The summed E-state index contributed by atoms with van der Waals surface area (Å²) in [5.74, 6) is 0.555. The highest BCUT2D eigenvalue weighted by molar-refractivity contribution is 5.98. The molecular weight excluding hydrogens is 646 g/mol. The number of amides is 2. The molecule has 0 spiro atoms. The van der Waals surface area contributed by atoms with Crippen molar-refractivity contribution in [1.82, 2.24) is 20.0 Å². The summed E-state index contributed by atoms with van der Waals surface area (Å²) >= 11 is 0. The second-order valence-electron chi connectivity index (χ2n) is 14.9. The minimum Gasteiger partial charge on any atom is -0.496 e. The molecule has 0 radical (unpaired) electrons. The molecule has 8 rings (SSSR count). The Morgan fingerprint density at radius 2 is 1.55 bits per heavy atom. The minimum absolute atomic E-state index is 0.0166. The number of carboxylic acids is 1. The van der Waals surface area contributed by atoms with Gasteiger partial charge in [0.2, 0.25) is 5.91 Å². The van der Waals surface area contributed by atoms with Crippen LogP contribution in [0.3, 0.4) is 0 Å². The van der Waals surface area contributed by atoms with Crippen molar-refractivity contribution in [3.8, 4) is 28.4 Å². The maximum absolute atomic E-state index is 14.3. The number of aromatic nitrogens is 2. The van der Waals surface area contributed by atoms with Crippen molar-refractivity contribution in [2.24, 2.45) is 23.7 Å². The van der Waals surface area contributed by atoms with E-state index in [2.05, 4.69) is 29.4 Å². The summed E-state index contributed by atoms with van der Waals surface area (Å²) in [7, 11) is 3.18. The van der Waals surface area contributed by atoms with E-state index in [1.54, 1.807) is 25.0 Å². The number of anilines is 1. The zero-order valence-corrected chi connectivity index (χ0v) is 30.3. The number of aliphatic carboxylic acids is 1. The summed E-state index contributed by atoms with van der Waals surface area (Å²) in [5, 5.41) is 22.0. The lowest BCUT2D eigenvalue weighted by molar-refractivity contribution is -0.163. The highest BCUT2D eigenvalue weighted by atomic mass is 16.5. The summed E-state index contributed by atoms with van der Waals surface area (Å²) in [6.07, 6.45) is 8.50. The van der Waals surface area contributed by atoms with E-state index in [9.17, 15) is 19.5 Å². The summed E-state index contributed by atoms with van der Waals surface area (Å²) in [6, 6.07) is 11.1. The molecular formula is C40H51N5O6. The zero-order chi connectivity index (χ0) is 35.9. The standard InChI is InChI=1S/C40H51N5O6/c1-5-44(6-2)17-16-36(46)41-30-14-15-32(29-11-8-7-10-28(29)30)45-33(37-34(50-3)12-9-13-35(37)51-4)23-31(43-45)38(47)42-40(39(48)49)26-19-24-18-25(21-26)22-27(40)20-24/h9,12-15,23-27H,5-8,10-11,16-22H2,1-4H3,(H,41,46)(H,42,47)(H,48,49). The fourth-order valence-corrected chi connectivity index (χ4v) is 9.92. The number of ether oxygens (including phenoxy) is 2. The quantitative estimate of drug-likeness (QED) is 0.195. The molecule has 0 saturated heterocycles. The lowest BCUT2D eigenvalue weighted by Gasteiger charge is -2.59. The number of hydrogen-bond donors (Lipinski definition) is 3. The van der Waals surface area contributed by atoms with Gasteiger partial charge in [-0.1, -0.05) is 19.9 Å². The van der Waals surface area contributed by atoms with E-state index >= 15 is 0 Å². The van der Waals surface area contributed by atoms with Crippen molar-refractivity contribution in [3.63, 3.8) is 0 Å². The largest absolute Gasteiger partial charge is 0.496 e. The molecule has 4 saturated carbocycles. The number of methoxy groups -OCH3 is 2. The van der Waals surface area contributed by atoms with Gasteiger partial charge in [-0.25, -0.2) is 9.48 Å². The van der Waals surface area contributed by atoms with Crippen LogP contribution in [0.15, 0.2) is 36.4 Å². The number of rotatable bonds is 13. The molecule has 11 heteroatoms. The fraction of sp³-hybridized carbons (Fsp3) is 0.550. The van der Waals surface area contributed by atoms with Gasteiger partial charge >= 0.3 is 5.97 Å². The molecule has 4 bridgehead atoms. The number of carbonyl (C=O) groups is 3. The molecule has 11 nitrogen and oxygen atoms in total. The molecule has 2 amide bonds. The molecule has 4 fully saturated rings. The van der Waals surface area contributed by atoms with Gasteiger partial charge in [0.25, 0.3) is 5.91 Å². The van der Waals surface area contributed by atoms with Crippen LogP contribution >= 0.6 is 0 Å². The molecule has 0 atom stereocenters. The van der Waals surface area contributed by atoms with Crippen molar-refractivity contribution in [2.75, 3.05) is 39.2 Å². The minimum atomic E-state index is -1.30. The first kappa shape index (κ1) is 35.0. The third-order valence-electron chi connectivity index (χ3n) is 12.3. The second-order valence-corrected chi connectivity index (χ2v) is 14.9. The van der Waals surface area contributed by atoms with Crippen molar-refractivity contribution in [2.45, 2.75) is 83.6 Å². The molecule has 3 aromatic rings. The van der Waals surface area contributed by atoms with E-state index in [1.807, 2.05) is 30.3 Å². The molecule has 51 heavy (non-hydrogen) atoms. The van der Waals surface area contributed by atoms with E-state index in [1.165, 1.54) is 6.42 Å². The normalized spacial score (nSPS) is 24.6. The Morgan fingerprint density at radius 3 is 2.14 bits per heavy atom. The number of fused-ring (bicyclic) bond motifs is 1. The molecule has 2 aromatic carbocycles. The molecule has 5 aliphatic carbocycles. The SMILES string of the molecule is CCN(CC)CCC(=O)Nc1ccc(-n2nc(C(=O)NC3(C(=O)O)C4CC5CC(C4)CC3C5)cc2-c2c(OC)cccc2OC)c2c1CCCC2. The van der Waals surface area contributed by atoms with E-state index in [-0.39, 0.29) is 23.4 Å². The maximum atomic E-state index is 14.3. The first-order chi connectivity index (χ1) is 24.7. The fourth-order valence-electron chi connectivity index (χ4n) is 9.92. The van der Waals surface area contributed by atoms with Gasteiger partial charge in [0.15, 0.2) is 5.69 Å². The van der Waals surface area contributed by atoms with Crippen LogP contribution in [0, 0.1) is 23.7 Å². The van der Waals surface area contributed by atoms with E-state index in [0.29, 0.717) is 47.6 Å². The number of carbonyl (C=O) groups excluding carboxylic acids is 2. The molecule has 1 heterocycles. The smallest absolute Gasteiger partial charge is 0.330 e. The first-order valence-corrected chi connectivity index (χ1v) is 18.7.